The molecule has 756 valence electrons. The Morgan fingerprint density at radius 3 is 0.659 bits per heavy atom. The smallest absolute Gasteiger partial charge is 0.333 e. The van der Waals surface area contributed by atoms with Crippen LogP contribution in [-0.2, 0) is 79.2 Å². The maximum absolute atomic E-state index is 12.5. The second-order valence-electron chi connectivity index (χ2n) is 36.7. The topological polar surface area (TPSA) is 331 Å². The molecule has 0 aliphatic rings. The number of carbonyl (C=O) groups excluding carboxylic acids is 10. The second kappa shape index (κ2) is 78.8. The summed E-state index contributed by atoms with van der Waals surface area (Å²) in [5.74, 6) is -1.79. The standard InChI is InChI=1S/C30H58N4O7Si2.C27H56N4O6Si2.C14H30Cl2N2O3Si2.C8H15NO2.6CH4.4ClH/c1-25(2)29(37)39-19-17-33(5,6)23-27(35)31-15-13-21-42(9,10)41-43(11,12)22-14-16-32-28(36)24-34(7,8)18-20-40-30(38)26(3)4;1-24(2)27(35)36-19-17-31(5,6)23-26(34)29-15-12-21-39(9,10)37-38(7,8)20-11-14-28-25(33)22-30(3,4)16-13-18-32;1-22(2,9-5-7-17-13(19)11-15)21-23(3,4)10-6-8-18-14(20)12-16;1-7(2)8(10)11-6-5-9(3)4;;;;;;;;;;/h1,3,13-24H2,2,4-12H3;32H,1,11-23H2,2-10H3;5-12H2,1-4H3,(H,17,19)(H,18,20);1,5-6H2,2-4H3;6*1H4;4*1H. The molecule has 0 bridgehead atoms. The number of alkyl halides is 2. The molecule has 0 saturated carbocycles. The van der Waals surface area contributed by atoms with Gasteiger partial charge in [-0.15, -0.1) is 23.2 Å². The highest BCUT2D eigenvalue weighted by atomic mass is 35.5. The van der Waals surface area contributed by atoms with Crippen molar-refractivity contribution in [2.45, 2.75) is 232 Å². The van der Waals surface area contributed by atoms with Gasteiger partial charge in [-0.1, -0.05) is 70.9 Å². The summed E-state index contributed by atoms with van der Waals surface area (Å²) in [6, 6.07) is 5.87. The van der Waals surface area contributed by atoms with Gasteiger partial charge < -0.3 is 141 Å². The summed E-state index contributed by atoms with van der Waals surface area (Å²) in [4.78, 5) is 119. The van der Waals surface area contributed by atoms with E-state index in [0.29, 0.717) is 138 Å². The molecule has 0 aromatic rings. The van der Waals surface area contributed by atoms with E-state index in [1.54, 1.807) is 27.7 Å². The van der Waals surface area contributed by atoms with Crippen molar-refractivity contribution >= 4 is 132 Å². The monoisotopic (exact) mass is 2030 g/mol. The van der Waals surface area contributed by atoms with E-state index in [9.17, 15) is 47.9 Å². The molecule has 0 aliphatic carbocycles. The zero-order valence-electron chi connectivity index (χ0n) is 78.5. The Morgan fingerprint density at radius 2 is 0.492 bits per heavy atom. The Hall–Kier alpha value is -3.66. The van der Waals surface area contributed by atoms with Crippen LogP contribution in [0.1, 0.15) is 117 Å². The summed E-state index contributed by atoms with van der Waals surface area (Å²) in [5, 5.41) is 26.7. The van der Waals surface area contributed by atoms with Crippen LogP contribution in [-0.4, -0.2) is 351 Å². The van der Waals surface area contributed by atoms with Gasteiger partial charge in [-0.25, -0.2) is 19.2 Å². The third kappa shape index (κ3) is 95.0. The van der Waals surface area contributed by atoms with Gasteiger partial charge in [0.1, 0.15) is 57.8 Å². The van der Waals surface area contributed by atoms with Gasteiger partial charge in [0.25, 0.3) is 23.6 Å². The molecule has 126 heavy (non-hydrogen) atoms. The van der Waals surface area contributed by atoms with Gasteiger partial charge in [-0.3, -0.25) is 28.8 Å². The van der Waals surface area contributed by atoms with Gasteiger partial charge in [0.2, 0.25) is 11.8 Å². The van der Waals surface area contributed by atoms with Crippen molar-refractivity contribution in [1.29, 1.82) is 0 Å². The van der Waals surface area contributed by atoms with E-state index in [2.05, 4.69) is 137 Å². The average Bonchev–Trinajstić information content (AvgIpc) is 0.871. The van der Waals surface area contributed by atoms with Crippen molar-refractivity contribution in [3.8, 4) is 0 Å². The van der Waals surface area contributed by atoms with Gasteiger partial charge in [0.05, 0.1) is 62.9 Å². The predicted molar refractivity (Wildman–Crippen MR) is 525 cm³/mol. The Labute approximate surface area is 809 Å². The number of hydrogen-bond acceptors (Lipinski definition) is 19. The third-order valence-corrected chi connectivity index (χ3v) is 40.8. The summed E-state index contributed by atoms with van der Waals surface area (Å²) in [6.45, 7) is 57.0. The summed E-state index contributed by atoms with van der Waals surface area (Å²) >= 11 is 10.9. The summed E-state index contributed by atoms with van der Waals surface area (Å²) in [6.07, 6.45) is 6.01. The number of aliphatic hydroxyl groups excluding tert-OH is 1. The lowest BCUT2D eigenvalue weighted by Gasteiger charge is -2.34. The number of amides is 6. The highest BCUT2D eigenvalue weighted by molar-refractivity contribution is 6.86. The van der Waals surface area contributed by atoms with Crippen molar-refractivity contribution in [2.24, 2.45) is 0 Å². The van der Waals surface area contributed by atoms with Gasteiger partial charge in [0.15, 0.2) is 76.1 Å². The minimum Gasteiger partial charge on any atom is -1.00 e. The van der Waals surface area contributed by atoms with Crippen LogP contribution >= 0.6 is 23.2 Å². The molecule has 0 saturated heterocycles. The van der Waals surface area contributed by atoms with Crippen molar-refractivity contribution in [3.05, 3.63) is 48.6 Å². The molecule has 0 aromatic heterocycles. The molecule has 41 heteroatoms. The Kier molecular flexibility index (Phi) is 96.0. The molecule has 0 radical (unpaired) electrons. The number of halogens is 6. The van der Waals surface area contributed by atoms with E-state index in [-0.39, 0.29) is 174 Å². The molecule has 0 heterocycles. The number of aliphatic hydroxyl groups is 1. The fourth-order valence-electron chi connectivity index (χ4n) is 11.7. The molecule has 0 spiro atoms. The first-order chi connectivity index (χ1) is 53.0. The second-order valence-corrected chi connectivity index (χ2v) is 63.8. The Bertz CT molecular complexity index is 2950. The Balaban J connectivity index is -0.000000116. The van der Waals surface area contributed by atoms with Crippen LogP contribution < -0.4 is 81.5 Å². The largest absolute Gasteiger partial charge is 1.00 e. The van der Waals surface area contributed by atoms with Crippen LogP contribution in [0.5, 0.6) is 0 Å². The first-order valence-electron chi connectivity index (χ1n) is 40.7. The minimum atomic E-state index is -1.92. The highest BCUT2D eigenvalue weighted by Gasteiger charge is 2.36. The van der Waals surface area contributed by atoms with Crippen molar-refractivity contribution < 1.29 is 152 Å². The molecule has 7 N–H and O–H groups in total. The van der Waals surface area contributed by atoms with Gasteiger partial charge >= 0.3 is 23.9 Å². The molecule has 0 unspecified atom stereocenters. The maximum atomic E-state index is 12.5. The number of nitrogens with one attached hydrogen (secondary N) is 6. The van der Waals surface area contributed by atoms with Crippen LogP contribution in [0.25, 0.3) is 0 Å². The SMILES string of the molecule is C.C.C.C.C.C.C=C(C)C(=O)OCCN(C)C.C=C(C)C(=O)OCC[N+](C)(C)CC(=O)NCCC[Si](C)(C)O[Si](C)(C)CCCNC(=O)C[N+](C)(C)CCCO.C=C(C)C(=O)OCC[N+](C)(C)CC(=O)NCCC[Si](C)(C)O[Si](C)(C)CCCNC(=O)C[N+](C)(C)CCOC(=O)C(=C)C.C[Si](C)(CCCNC(=O)CCl)O[Si](C)(C)CCCNC(=O)CCl.[Cl-].[Cl-].[Cl-].[Cl-]. The van der Waals surface area contributed by atoms with E-state index in [4.69, 9.17) is 59.6 Å². The first kappa shape index (κ1) is 153. The molecular formula is C85H187Cl6N11O18Si6. The zero-order chi connectivity index (χ0) is 90.6. The summed E-state index contributed by atoms with van der Waals surface area (Å²) < 4.78 is 42.0. The number of ether oxygens (including phenoxy) is 4. The lowest BCUT2D eigenvalue weighted by atomic mass is 10.3. The van der Waals surface area contributed by atoms with E-state index in [0.717, 1.165) is 87.9 Å². The first-order valence-corrected chi connectivity index (χ1v) is 60.4. The number of likely N-dealkylation sites (N-methyl/N-ethyl adjacent to an activating group) is 5. The lowest BCUT2D eigenvalue weighted by Crippen LogP contribution is -3.00. The number of hydrogen-bond donors (Lipinski definition) is 7. The third-order valence-electron chi connectivity index (χ3n) is 17.7. The van der Waals surface area contributed by atoms with Crippen LogP contribution in [0.3, 0.4) is 0 Å². The van der Waals surface area contributed by atoms with E-state index in [1.807, 2.05) is 75.4 Å². The number of rotatable bonds is 59. The molecule has 0 aromatic carbocycles. The van der Waals surface area contributed by atoms with Crippen molar-refractivity contribution in [3.63, 3.8) is 0 Å². The van der Waals surface area contributed by atoms with Crippen LogP contribution in [0, 0.1) is 0 Å². The quantitative estimate of drug-likeness (QED) is 0.00819. The molecule has 0 rings (SSSR count). The zero-order valence-corrected chi connectivity index (χ0v) is 89.0. The fourth-order valence-corrected chi connectivity index (χ4v) is 38.4. The number of nitrogens with zero attached hydrogens (tertiary/aromatic N) is 5. The maximum Gasteiger partial charge on any atom is 0.333 e. The van der Waals surface area contributed by atoms with Gasteiger partial charge in [-0.2, -0.15) is 0 Å². The minimum absolute atomic E-state index is 0. The van der Waals surface area contributed by atoms with Gasteiger partial charge in [-0.05, 0) is 195 Å². The number of quaternary nitrogens is 4. The summed E-state index contributed by atoms with van der Waals surface area (Å²) in [7, 11) is 8.41. The Morgan fingerprint density at radius 1 is 0.317 bits per heavy atom. The lowest BCUT2D eigenvalue weighted by molar-refractivity contribution is -0.882. The summed E-state index contributed by atoms with van der Waals surface area (Å²) in [5.41, 5.74) is 1.54. The molecular weight excluding hydrogens is 1840 g/mol. The van der Waals surface area contributed by atoms with Crippen molar-refractivity contribution in [1.82, 2.24) is 36.8 Å². The molecule has 0 atom stereocenters. The van der Waals surface area contributed by atoms with Crippen LogP contribution in [0.15, 0.2) is 48.6 Å². The van der Waals surface area contributed by atoms with Crippen LogP contribution in [0.2, 0.25) is 115 Å². The van der Waals surface area contributed by atoms with E-state index >= 15 is 0 Å². The van der Waals surface area contributed by atoms with Crippen molar-refractivity contribution in [2.75, 3.05) is 213 Å². The number of carbonyl (C=O) groups is 10. The molecule has 29 nitrogen and oxygen atoms in total. The molecule has 6 amide bonds. The average molecular weight is 2030 g/mol. The van der Waals surface area contributed by atoms with E-state index < -0.39 is 67.8 Å². The fraction of sp³-hybridized carbons (Fsp3) is 0.788. The molecule has 0 aliphatic heterocycles. The van der Waals surface area contributed by atoms with Crippen LogP contribution in [0.4, 0.5) is 0 Å². The number of esters is 4. The predicted octanol–water partition coefficient (Wildman–Crippen LogP) is 0.301. The van der Waals surface area contributed by atoms with E-state index in [1.165, 1.54) is 0 Å². The molecule has 0 fully saturated rings. The van der Waals surface area contributed by atoms with Gasteiger partial charge in [0, 0.05) is 81.1 Å². The normalized spacial score (nSPS) is 11.2. The highest BCUT2D eigenvalue weighted by Crippen LogP contribution is 2.26.